The number of hydrogen-bond acceptors (Lipinski definition) is 2. The summed E-state index contributed by atoms with van der Waals surface area (Å²) in [5, 5.41) is 8.81. The van der Waals surface area contributed by atoms with Crippen LogP contribution in [0.3, 0.4) is 0 Å². The van der Waals surface area contributed by atoms with Crippen LogP contribution in [0.4, 0.5) is 0 Å². The zero-order valence-electron chi connectivity index (χ0n) is 11.8. The second-order valence-corrected chi connectivity index (χ2v) is 5.83. The van der Waals surface area contributed by atoms with Gasteiger partial charge in [-0.2, -0.15) is 5.10 Å². The first-order valence-corrected chi connectivity index (χ1v) is 7.71. The summed E-state index contributed by atoms with van der Waals surface area (Å²) in [5.74, 6) is 0.662. The van der Waals surface area contributed by atoms with Gasteiger partial charge in [0.15, 0.2) is 0 Å². The van der Waals surface area contributed by atoms with Gasteiger partial charge < -0.3 is 5.32 Å². The van der Waals surface area contributed by atoms with Crippen LogP contribution in [-0.4, -0.2) is 16.3 Å². The maximum atomic E-state index is 6.10. The molecule has 20 heavy (non-hydrogen) atoms. The first-order chi connectivity index (χ1) is 9.79. The van der Waals surface area contributed by atoms with Crippen LogP contribution in [0.5, 0.6) is 0 Å². The summed E-state index contributed by atoms with van der Waals surface area (Å²) in [6.07, 6.45) is 5.69. The van der Waals surface area contributed by atoms with Gasteiger partial charge in [0.1, 0.15) is 0 Å². The minimum Gasteiger partial charge on any atom is -0.313 e. The number of nitrogens with one attached hydrogen (secondary N) is 1. The minimum atomic E-state index is 0.662. The second-order valence-electron chi connectivity index (χ2n) is 5.40. The molecule has 1 aromatic carbocycles. The van der Waals surface area contributed by atoms with E-state index in [9.17, 15) is 0 Å². The molecule has 1 N–H and O–H groups in total. The monoisotopic (exact) mass is 289 g/mol. The lowest BCUT2D eigenvalue weighted by atomic mass is 10.1. The fourth-order valence-corrected chi connectivity index (χ4v) is 2.72. The Morgan fingerprint density at radius 3 is 2.95 bits per heavy atom. The largest absolute Gasteiger partial charge is 0.313 e. The summed E-state index contributed by atoms with van der Waals surface area (Å²) in [6.45, 7) is 4.14. The molecular formula is C16H20ClN3. The van der Waals surface area contributed by atoms with Crippen molar-refractivity contribution in [3.05, 3.63) is 46.7 Å². The summed E-state index contributed by atoms with van der Waals surface area (Å²) in [4.78, 5) is 0. The SMILES string of the molecule is CCCNCc1cnn(-c2cccc(Cl)c2)c1C1CC1. The van der Waals surface area contributed by atoms with Crippen LogP contribution in [0.25, 0.3) is 5.69 Å². The average molecular weight is 290 g/mol. The number of benzene rings is 1. The Balaban J connectivity index is 1.91. The lowest BCUT2D eigenvalue weighted by Gasteiger charge is -2.10. The molecule has 0 saturated heterocycles. The van der Waals surface area contributed by atoms with Crippen molar-refractivity contribution in [1.82, 2.24) is 15.1 Å². The normalized spacial score (nSPS) is 14.7. The third-order valence-electron chi connectivity index (χ3n) is 3.65. The summed E-state index contributed by atoms with van der Waals surface area (Å²) in [5.41, 5.74) is 3.73. The molecule has 0 radical (unpaired) electrons. The standard InChI is InChI=1S/C16H20ClN3/c1-2-8-18-10-13-11-19-20(16(13)12-6-7-12)15-5-3-4-14(17)9-15/h3-5,9,11-12,18H,2,6-8,10H2,1H3. The number of nitrogens with zero attached hydrogens (tertiary/aromatic N) is 2. The molecule has 3 nitrogen and oxygen atoms in total. The van der Waals surface area contributed by atoms with E-state index in [2.05, 4.69) is 28.1 Å². The molecule has 2 aromatic rings. The molecule has 1 saturated carbocycles. The Labute approximate surface area is 124 Å². The molecule has 1 aliphatic carbocycles. The van der Waals surface area contributed by atoms with E-state index in [-0.39, 0.29) is 0 Å². The van der Waals surface area contributed by atoms with Crippen LogP contribution in [0.1, 0.15) is 43.4 Å². The van der Waals surface area contributed by atoms with Crippen molar-refractivity contribution in [2.24, 2.45) is 0 Å². The molecule has 1 heterocycles. The van der Waals surface area contributed by atoms with Crippen molar-refractivity contribution < 1.29 is 0 Å². The van der Waals surface area contributed by atoms with Gasteiger partial charge in [0.2, 0.25) is 0 Å². The number of rotatable bonds is 6. The van der Waals surface area contributed by atoms with Crippen LogP contribution >= 0.6 is 11.6 Å². The molecule has 1 aromatic heterocycles. The van der Waals surface area contributed by atoms with Gasteiger partial charge in [-0.1, -0.05) is 24.6 Å². The molecule has 1 aliphatic rings. The summed E-state index contributed by atoms with van der Waals surface area (Å²) in [6, 6.07) is 7.91. The zero-order chi connectivity index (χ0) is 13.9. The number of aromatic nitrogens is 2. The third kappa shape index (κ3) is 2.89. The van der Waals surface area contributed by atoms with Gasteiger partial charge in [-0.3, -0.25) is 0 Å². The first kappa shape index (κ1) is 13.7. The van der Waals surface area contributed by atoms with Crippen LogP contribution in [-0.2, 0) is 6.54 Å². The van der Waals surface area contributed by atoms with E-state index < -0.39 is 0 Å². The van der Waals surface area contributed by atoms with E-state index in [0.717, 1.165) is 30.2 Å². The van der Waals surface area contributed by atoms with Crippen molar-refractivity contribution in [3.63, 3.8) is 0 Å². The Morgan fingerprint density at radius 1 is 1.40 bits per heavy atom. The fraction of sp³-hybridized carbons (Fsp3) is 0.438. The van der Waals surface area contributed by atoms with E-state index in [1.165, 1.54) is 24.1 Å². The minimum absolute atomic E-state index is 0.662. The van der Waals surface area contributed by atoms with Crippen LogP contribution < -0.4 is 5.32 Å². The maximum absolute atomic E-state index is 6.10. The van der Waals surface area contributed by atoms with Gasteiger partial charge in [0.05, 0.1) is 17.6 Å². The molecule has 0 atom stereocenters. The smallest absolute Gasteiger partial charge is 0.0663 e. The fourth-order valence-electron chi connectivity index (χ4n) is 2.53. The Bertz CT molecular complexity index is 587. The summed E-state index contributed by atoms with van der Waals surface area (Å²) in [7, 11) is 0. The van der Waals surface area contributed by atoms with Gasteiger partial charge in [-0.15, -0.1) is 0 Å². The average Bonchev–Trinajstić information content (AvgIpc) is 3.20. The van der Waals surface area contributed by atoms with Crippen LogP contribution in [0.15, 0.2) is 30.5 Å². The van der Waals surface area contributed by atoms with Gasteiger partial charge in [0, 0.05) is 23.0 Å². The van der Waals surface area contributed by atoms with Gasteiger partial charge in [-0.05, 0) is 44.0 Å². The lowest BCUT2D eigenvalue weighted by Crippen LogP contribution is -2.15. The molecule has 0 bridgehead atoms. The molecule has 0 spiro atoms. The van der Waals surface area contributed by atoms with Crippen molar-refractivity contribution in [2.75, 3.05) is 6.54 Å². The lowest BCUT2D eigenvalue weighted by molar-refractivity contribution is 0.669. The van der Waals surface area contributed by atoms with Crippen molar-refractivity contribution in [1.29, 1.82) is 0 Å². The van der Waals surface area contributed by atoms with Crippen molar-refractivity contribution in [3.8, 4) is 5.69 Å². The number of halogens is 1. The predicted octanol–water partition coefficient (Wildman–Crippen LogP) is 3.90. The van der Waals surface area contributed by atoms with Crippen LogP contribution in [0.2, 0.25) is 5.02 Å². The van der Waals surface area contributed by atoms with Gasteiger partial charge >= 0.3 is 0 Å². The van der Waals surface area contributed by atoms with Crippen molar-refractivity contribution in [2.45, 2.75) is 38.6 Å². The highest BCUT2D eigenvalue weighted by Crippen LogP contribution is 2.42. The van der Waals surface area contributed by atoms with E-state index in [1.807, 2.05) is 24.4 Å². The quantitative estimate of drug-likeness (QED) is 0.817. The summed E-state index contributed by atoms with van der Waals surface area (Å²) >= 11 is 6.10. The van der Waals surface area contributed by atoms with Crippen LogP contribution in [0, 0.1) is 0 Å². The topological polar surface area (TPSA) is 29.9 Å². The van der Waals surface area contributed by atoms with Crippen molar-refractivity contribution >= 4 is 11.6 Å². The highest BCUT2D eigenvalue weighted by molar-refractivity contribution is 6.30. The Morgan fingerprint density at radius 2 is 2.25 bits per heavy atom. The second kappa shape index (κ2) is 5.98. The van der Waals surface area contributed by atoms with E-state index >= 15 is 0 Å². The highest BCUT2D eigenvalue weighted by atomic mass is 35.5. The highest BCUT2D eigenvalue weighted by Gasteiger charge is 2.30. The predicted molar refractivity (Wildman–Crippen MR) is 82.5 cm³/mol. The van der Waals surface area contributed by atoms with Gasteiger partial charge in [0.25, 0.3) is 0 Å². The third-order valence-corrected chi connectivity index (χ3v) is 3.88. The number of hydrogen-bond donors (Lipinski definition) is 1. The summed E-state index contributed by atoms with van der Waals surface area (Å²) < 4.78 is 2.06. The molecule has 0 aliphatic heterocycles. The Kier molecular flexibility index (Phi) is 4.08. The molecule has 0 unspecified atom stereocenters. The maximum Gasteiger partial charge on any atom is 0.0663 e. The molecule has 0 amide bonds. The van der Waals surface area contributed by atoms with E-state index in [0.29, 0.717) is 5.92 Å². The Hall–Kier alpha value is -1.32. The zero-order valence-corrected chi connectivity index (χ0v) is 12.5. The van der Waals surface area contributed by atoms with E-state index in [4.69, 9.17) is 11.6 Å². The van der Waals surface area contributed by atoms with E-state index in [1.54, 1.807) is 0 Å². The molecular weight excluding hydrogens is 270 g/mol. The molecule has 4 heteroatoms. The molecule has 106 valence electrons. The van der Waals surface area contributed by atoms with Gasteiger partial charge in [-0.25, -0.2) is 4.68 Å². The first-order valence-electron chi connectivity index (χ1n) is 7.33. The molecule has 3 rings (SSSR count). The molecule has 1 fully saturated rings.